The van der Waals surface area contributed by atoms with Crippen LogP contribution in [0.3, 0.4) is 0 Å². The fourth-order valence-electron chi connectivity index (χ4n) is 2.23. The van der Waals surface area contributed by atoms with Crippen molar-refractivity contribution in [3.05, 3.63) is 59.7 Å². The lowest BCUT2D eigenvalue weighted by molar-refractivity contribution is 0.483. The molecular weight excluding hydrogens is 286 g/mol. The van der Waals surface area contributed by atoms with Crippen molar-refractivity contribution in [3.63, 3.8) is 0 Å². The van der Waals surface area contributed by atoms with Crippen LogP contribution >= 0.6 is 0 Å². The lowest BCUT2D eigenvalue weighted by Gasteiger charge is -2.04. The molecule has 0 radical (unpaired) electrons. The van der Waals surface area contributed by atoms with Crippen molar-refractivity contribution < 1.29 is 13.0 Å². The Labute approximate surface area is 125 Å². The van der Waals surface area contributed by atoms with E-state index in [2.05, 4.69) is 6.07 Å². The molecule has 0 aromatic heterocycles. The zero-order chi connectivity index (χ0) is 15.3. The first-order chi connectivity index (χ1) is 9.95. The van der Waals surface area contributed by atoms with Crippen molar-refractivity contribution in [2.24, 2.45) is 0 Å². The van der Waals surface area contributed by atoms with Crippen molar-refractivity contribution in [1.82, 2.24) is 0 Å². The molecular formula is C16H19NO3S. The average Bonchev–Trinajstić information content (AvgIpc) is 2.43. The molecule has 0 saturated carbocycles. The highest BCUT2D eigenvalue weighted by molar-refractivity contribution is 7.85. The molecule has 0 aliphatic carbocycles. The first-order valence-electron chi connectivity index (χ1n) is 6.86. The Morgan fingerprint density at radius 1 is 0.905 bits per heavy atom. The van der Waals surface area contributed by atoms with Gasteiger partial charge in [-0.1, -0.05) is 24.3 Å². The molecule has 0 aliphatic rings. The van der Waals surface area contributed by atoms with Crippen LogP contribution in [0, 0.1) is 0 Å². The first kappa shape index (κ1) is 15.5. The van der Waals surface area contributed by atoms with E-state index in [1.165, 1.54) is 17.7 Å². The Morgan fingerprint density at radius 2 is 1.52 bits per heavy atom. The van der Waals surface area contributed by atoms with Crippen molar-refractivity contribution in [2.45, 2.75) is 30.6 Å². The molecule has 2 aromatic rings. The molecule has 0 spiro atoms. The van der Waals surface area contributed by atoms with Crippen LogP contribution in [0.4, 0.5) is 5.69 Å². The molecule has 2 rings (SSSR count). The van der Waals surface area contributed by atoms with Crippen LogP contribution < -0.4 is 5.73 Å². The minimum absolute atomic E-state index is 0.0639. The summed E-state index contributed by atoms with van der Waals surface area (Å²) in [5.74, 6) is 0. The van der Waals surface area contributed by atoms with Crippen LogP contribution in [0.1, 0.15) is 24.0 Å². The van der Waals surface area contributed by atoms with E-state index in [0.717, 1.165) is 36.9 Å². The van der Waals surface area contributed by atoms with Crippen molar-refractivity contribution in [2.75, 3.05) is 5.73 Å². The van der Waals surface area contributed by atoms with Gasteiger partial charge in [0.2, 0.25) is 0 Å². The minimum Gasteiger partial charge on any atom is -0.399 e. The number of nitrogen functional groups attached to an aromatic ring is 1. The average molecular weight is 305 g/mol. The first-order valence-corrected chi connectivity index (χ1v) is 8.30. The molecule has 0 atom stereocenters. The molecule has 4 nitrogen and oxygen atoms in total. The monoisotopic (exact) mass is 305 g/mol. The summed E-state index contributed by atoms with van der Waals surface area (Å²) in [4.78, 5) is -0.0639. The second kappa shape index (κ2) is 6.74. The van der Waals surface area contributed by atoms with Gasteiger partial charge in [-0.3, -0.25) is 4.55 Å². The largest absolute Gasteiger partial charge is 0.399 e. The number of rotatable bonds is 6. The van der Waals surface area contributed by atoms with Gasteiger partial charge in [0.1, 0.15) is 0 Å². The highest BCUT2D eigenvalue weighted by Gasteiger charge is 2.08. The van der Waals surface area contributed by atoms with Crippen LogP contribution in [0.25, 0.3) is 0 Å². The Kier molecular flexibility index (Phi) is 4.98. The predicted octanol–water partition coefficient (Wildman–Crippen LogP) is 3.08. The van der Waals surface area contributed by atoms with Gasteiger partial charge in [0.05, 0.1) is 4.90 Å². The number of nitrogens with two attached hydrogens (primary N) is 1. The maximum atomic E-state index is 10.9. The van der Waals surface area contributed by atoms with E-state index >= 15 is 0 Å². The predicted molar refractivity (Wildman–Crippen MR) is 83.8 cm³/mol. The number of aryl methyl sites for hydroxylation is 2. The van der Waals surface area contributed by atoms with Crippen LogP contribution in [-0.4, -0.2) is 13.0 Å². The fraction of sp³-hybridized carbons (Fsp3) is 0.250. The van der Waals surface area contributed by atoms with E-state index in [9.17, 15) is 8.42 Å². The molecule has 0 saturated heterocycles. The Morgan fingerprint density at radius 3 is 2.10 bits per heavy atom. The quantitative estimate of drug-likeness (QED) is 0.488. The highest BCUT2D eigenvalue weighted by Crippen LogP contribution is 2.14. The summed E-state index contributed by atoms with van der Waals surface area (Å²) in [6, 6.07) is 14.2. The lowest BCUT2D eigenvalue weighted by Crippen LogP contribution is -1.98. The minimum atomic E-state index is -4.10. The Balaban J connectivity index is 1.81. The number of hydrogen-bond donors (Lipinski definition) is 2. The summed E-state index contributed by atoms with van der Waals surface area (Å²) < 4.78 is 30.8. The molecule has 112 valence electrons. The van der Waals surface area contributed by atoms with E-state index < -0.39 is 10.1 Å². The normalized spacial score (nSPS) is 11.5. The van der Waals surface area contributed by atoms with E-state index in [1.807, 2.05) is 18.2 Å². The van der Waals surface area contributed by atoms with Gasteiger partial charge in [0, 0.05) is 5.69 Å². The third-order valence-corrected chi connectivity index (χ3v) is 4.22. The van der Waals surface area contributed by atoms with Crippen molar-refractivity contribution >= 4 is 15.8 Å². The molecule has 21 heavy (non-hydrogen) atoms. The zero-order valence-corrected chi connectivity index (χ0v) is 12.5. The summed E-state index contributed by atoms with van der Waals surface area (Å²) in [5.41, 5.74) is 8.82. The molecule has 0 heterocycles. The zero-order valence-electron chi connectivity index (χ0n) is 11.7. The van der Waals surface area contributed by atoms with Crippen molar-refractivity contribution in [1.29, 1.82) is 0 Å². The maximum Gasteiger partial charge on any atom is 0.294 e. The molecule has 5 heteroatoms. The van der Waals surface area contributed by atoms with Gasteiger partial charge in [-0.2, -0.15) is 8.42 Å². The molecule has 3 N–H and O–H groups in total. The van der Waals surface area contributed by atoms with Gasteiger partial charge in [-0.15, -0.1) is 0 Å². The number of hydrogen-bond acceptors (Lipinski definition) is 3. The van der Waals surface area contributed by atoms with E-state index in [0.29, 0.717) is 0 Å². The summed E-state index contributed by atoms with van der Waals surface area (Å²) in [6.07, 6.45) is 3.92. The smallest absolute Gasteiger partial charge is 0.294 e. The van der Waals surface area contributed by atoms with Crippen LogP contribution in [0.5, 0.6) is 0 Å². The molecule has 0 bridgehead atoms. The van der Waals surface area contributed by atoms with E-state index in [-0.39, 0.29) is 4.90 Å². The Hall–Kier alpha value is -1.85. The van der Waals surface area contributed by atoms with Crippen LogP contribution in [-0.2, 0) is 23.0 Å². The Bertz CT molecular complexity index is 694. The molecule has 0 fully saturated rings. The van der Waals surface area contributed by atoms with Gasteiger partial charge >= 0.3 is 0 Å². The van der Waals surface area contributed by atoms with Gasteiger partial charge in [-0.05, 0) is 61.1 Å². The molecule has 0 aliphatic heterocycles. The second-order valence-corrected chi connectivity index (χ2v) is 6.49. The summed E-state index contributed by atoms with van der Waals surface area (Å²) in [5, 5.41) is 0. The van der Waals surface area contributed by atoms with Crippen LogP contribution in [0.2, 0.25) is 0 Å². The van der Waals surface area contributed by atoms with Gasteiger partial charge in [0.15, 0.2) is 0 Å². The highest BCUT2D eigenvalue weighted by atomic mass is 32.2. The lowest BCUT2D eigenvalue weighted by atomic mass is 10.0. The standard InChI is InChI=1S/C16H19NO3S/c17-15-7-3-6-14(12-15)5-2-1-4-13-8-10-16(11-9-13)21(18,19)20/h3,6-12H,1-2,4-5,17H2,(H,18,19,20). The van der Waals surface area contributed by atoms with E-state index in [1.54, 1.807) is 12.1 Å². The topological polar surface area (TPSA) is 80.4 Å². The third kappa shape index (κ3) is 4.88. The summed E-state index contributed by atoms with van der Waals surface area (Å²) in [6.45, 7) is 0. The second-order valence-electron chi connectivity index (χ2n) is 5.07. The summed E-state index contributed by atoms with van der Waals surface area (Å²) in [7, 11) is -4.10. The molecule has 2 aromatic carbocycles. The van der Waals surface area contributed by atoms with Crippen LogP contribution in [0.15, 0.2) is 53.4 Å². The van der Waals surface area contributed by atoms with Crippen molar-refractivity contribution in [3.8, 4) is 0 Å². The van der Waals surface area contributed by atoms with E-state index in [4.69, 9.17) is 10.3 Å². The number of anilines is 1. The molecule has 0 unspecified atom stereocenters. The fourth-order valence-corrected chi connectivity index (χ4v) is 2.71. The third-order valence-electron chi connectivity index (χ3n) is 3.35. The van der Waals surface area contributed by atoms with Gasteiger partial charge in [0.25, 0.3) is 10.1 Å². The number of unbranched alkanes of at least 4 members (excludes halogenated alkanes) is 1. The SMILES string of the molecule is Nc1cccc(CCCCc2ccc(S(=O)(=O)O)cc2)c1. The molecule has 0 amide bonds. The van der Waals surface area contributed by atoms with Gasteiger partial charge in [-0.25, -0.2) is 0 Å². The van der Waals surface area contributed by atoms with Gasteiger partial charge < -0.3 is 5.73 Å². The number of benzene rings is 2. The summed E-state index contributed by atoms with van der Waals surface area (Å²) >= 11 is 0. The maximum absolute atomic E-state index is 10.9.